The fourth-order valence-electron chi connectivity index (χ4n) is 3.92. The van der Waals surface area contributed by atoms with E-state index in [-0.39, 0.29) is 10.8 Å². The zero-order valence-corrected chi connectivity index (χ0v) is 23.9. The molecular weight excluding hydrogens is 576 g/mol. The maximum absolute atomic E-state index is 12.5. The van der Waals surface area contributed by atoms with Gasteiger partial charge in [0.05, 0.1) is 48.0 Å². The molecule has 11 nitrogen and oxygen atoms in total. The number of sulfonamides is 1. The summed E-state index contributed by atoms with van der Waals surface area (Å²) >= 11 is 3.45. The second-order valence-corrected chi connectivity index (χ2v) is 10.8. The third kappa shape index (κ3) is 6.46. The van der Waals surface area contributed by atoms with Crippen molar-refractivity contribution < 1.29 is 22.6 Å². The van der Waals surface area contributed by atoms with Crippen LogP contribution < -0.4 is 29.7 Å². The highest BCUT2D eigenvalue weighted by Crippen LogP contribution is 2.40. The molecule has 1 aliphatic rings. The second-order valence-electron chi connectivity index (χ2n) is 8.13. The Hall–Kier alpha value is -3.13. The van der Waals surface area contributed by atoms with Crippen LogP contribution in [0.3, 0.4) is 0 Å². The van der Waals surface area contributed by atoms with Crippen LogP contribution in [0.4, 0.5) is 28.8 Å². The molecule has 0 unspecified atom stereocenters. The summed E-state index contributed by atoms with van der Waals surface area (Å²) in [5.74, 6) is 2.01. The van der Waals surface area contributed by atoms with E-state index in [1.54, 1.807) is 24.4 Å². The molecule has 1 saturated heterocycles. The topological polar surface area (TPSA) is 127 Å². The summed E-state index contributed by atoms with van der Waals surface area (Å²) in [6.45, 7) is 7.64. The maximum Gasteiger partial charge on any atom is 0.242 e. The molecule has 0 spiro atoms. The second kappa shape index (κ2) is 12.6. The highest BCUT2D eigenvalue weighted by atomic mass is 79.9. The Morgan fingerprint density at radius 1 is 1.03 bits per heavy atom. The van der Waals surface area contributed by atoms with Crippen LogP contribution >= 0.6 is 15.9 Å². The van der Waals surface area contributed by atoms with Crippen molar-refractivity contribution in [3.05, 3.63) is 47.1 Å². The van der Waals surface area contributed by atoms with Crippen molar-refractivity contribution in [3.8, 4) is 11.5 Å². The van der Waals surface area contributed by atoms with Gasteiger partial charge in [0.25, 0.3) is 0 Å². The molecular formula is C25H31BrN6O5S. The van der Waals surface area contributed by atoms with E-state index in [0.29, 0.717) is 59.6 Å². The van der Waals surface area contributed by atoms with E-state index in [4.69, 9.17) is 14.2 Å². The molecule has 0 aliphatic carbocycles. The van der Waals surface area contributed by atoms with E-state index in [1.165, 1.54) is 13.1 Å². The molecule has 3 aromatic rings. The van der Waals surface area contributed by atoms with Crippen molar-refractivity contribution in [1.29, 1.82) is 0 Å². The number of hydrogen-bond acceptors (Lipinski definition) is 10. The first-order valence-corrected chi connectivity index (χ1v) is 14.5. The van der Waals surface area contributed by atoms with Gasteiger partial charge in [0, 0.05) is 31.4 Å². The minimum Gasteiger partial charge on any atom is -0.492 e. The van der Waals surface area contributed by atoms with Gasteiger partial charge in [-0.15, -0.1) is 0 Å². The van der Waals surface area contributed by atoms with Gasteiger partial charge in [-0.1, -0.05) is 12.1 Å². The van der Waals surface area contributed by atoms with Crippen molar-refractivity contribution in [1.82, 2.24) is 14.7 Å². The van der Waals surface area contributed by atoms with E-state index in [9.17, 15) is 8.42 Å². The number of morpholine rings is 1. The Bertz CT molecular complexity index is 1370. The number of para-hydroxylation sites is 1. The lowest BCUT2D eigenvalue weighted by molar-refractivity contribution is 0.122. The number of rotatable bonds is 11. The summed E-state index contributed by atoms with van der Waals surface area (Å²) in [5, 5.41) is 6.33. The van der Waals surface area contributed by atoms with Gasteiger partial charge in [0.1, 0.15) is 22.2 Å². The third-order valence-corrected chi connectivity index (χ3v) is 7.75. The van der Waals surface area contributed by atoms with Crippen molar-refractivity contribution in [3.63, 3.8) is 0 Å². The van der Waals surface area contributed by atoms with E-state index < -0.39 is 10.0 Å². The zero-order valence-electron chi connectivity index (χ0n) is 21.5. The lowest BCUT2D eigenvalue weighted by Gasteiger charge is -2.31. The average Bonchev–Trinajstić information content (AvgIpc) is 2.93. The molecule has 204 valence electrons. The molecule has 3 N–H and O–H groups in total. The number of benzene rings is 2. The summed E-state index contributed by atoms with van der Waals surface area (Å²) in [6, 6.07) is 10.4. The van der Waals surface area contributed by atoms with Crippen LogP contribution in [0.1, 0.15) is 13.8 Å². The molecule has 1 fully saturated rings. The largest absolute Gasteiger partial charge is 0.492 e. The van der Waals surface area contributed by atoms with Gasteiger partial charge < -0.3 is 29.7 Å². The van der Waals surface area contributed by atoms with Gasteiger partial charge in [-0.3, -0.25) is 0 Å². The first kappa shape index (κ1) is 27.9. The van der Waals surface area contributed by atoms with E-state index in [0.717, 1.165) is 18.8 Å². The van der Waals surface area contributed by atoms with Crippen LogP contribution in [-0.4, -0.2) is 65.0 Å². The molecule has 1 aromatic heterocycles. The molecule has 1 aliphatic heterocycles. The number of hydrogen-bond donors (Lipinski definition) is 3. The lowest BCUT2D eigenvalue weighted by atomic mass is 10.2. The molecule has 0 atom stereocenters. The third-order valence-electron chi connectivity index (χ3n) is 5.70. The zero-order chi connectivity index (χ0) is 27.1. The summed E-state index contributed by atoms with van der Waals surface area (Å²) < 4.78 is 45.3. The molecule has 0 amide bonds. The molecule has 0 radical (unpaired) electrons. The highest BCUT2D eigenvalue weighted by molar-refractivity contribution is 9.10. The van der Waals surface area contributed by atoms with Gasteiger partial charge in [-0.05, 0) is 49.0 Å². The van der Waals surface area contributed by atoms with Gasteiger partial charge in [-0.2, -0.15) is 4.98 Å². The highest BCUT2D eigenvalue weighted by Gasteiger charge is 2.21. The summed E-state index contributed by atoms with van der Waals surface area (Å²) in [7, 11) is -2.32. The van der Waals surface area contributed by atoms with Crippen LogP contribution in [0.15, 0.2) is 52.0 Å². The van der Waals surface area contributed by atoms with Gasteiger partial charge in [0.15, 0.2) is 0 Å². The Morgan fingerprint density at radius 3 is 2.45 bits per heavy atom. The first-order chi connectivity index (χ1) is 18.4. The number of nitrogens with zero attached hydrogens (tertiary/aromatic N) is 3. The monoisotopic (exact) mass is 606 g/mol. The fraction of sp³-hybridized carbons (Fsp3) is 0.360. The Kier molecular flexibility index (Phi) is 9.26. The van der Waals surface area contributed by atoms with E-state index >= 15 is 0 Å². The minimum atomic E-state index is -3.69. The number of nitrogens with one attached hydrogen (secondary N) is 3. The number of anilines is 5. The van der Waals surface area contributed by atoms with Crippen LogP contribution in [0.2, 0.25) is 0 Å². The molecule has 0 saturated carbocycles. The van der Waals surface area contributed by atoms with Gasteiger partial charge >= 0.3 is 0 Å². The van der Waals surface area contributed by atoms with Gasteiger partial charge in [0.2, 0.25) is 16.0 Å². The van der Waals surface area contributed by atoms with Crippen LogP contribution in [0.5, 0.6) is 11.5 Å². The van der Waals surface area contributed by atoms with Gasteiger partial charge in [-0.25, -0.2) is 18.1 Å². The lowest BCUT2D eigenvalue weighted by Crippen LogP contribution is -2.36. The minimum absolute atomic E-state index is 0.0983. The molecule has 38 heavy (non-hydrogen) atoms. The Morgan fingerprint density at radius 2 is 1.74 bits per heavy atom. The molecule has 0 bridgehead atoms. The number of aromatic nitrogens is 2. The smallest absolute Gasteiger partial charge is 0.242 e. The van der Waals surface area contributed by atoms with Crippen LogP contribution in [-0.2, 0) is 14.8 Å². The number of halogens is 1. The van der Waals surface area contributed by atoms with Crippen LogP contribution in [0.25, 0.3) is 0 Å². The summed E-state index contributed by atoms with van der Waals surface area (Å²) in [4.78, 5) is 11.3. The summed E-state index contributed by atoms with van der Waals surface area (Å²) in [5.41, 5.74) is 1.94. The quantitative estimate of drug-likeness (QED) is 0.291. The SMILES string of the molecule is CCOc1cc(N2CCOCC2)c(OCC)cc1Nc1ncc(Br)c(Nc2ccccc2S(=O)(=O)NC)n1. The van der Waals surface area contributed by atoms with Crippen LogP contribution in [0, 0.1) is 0 Å². The van der Waals surface area contributed by atoms with Crippen molar-refractivity contribution in [2.24, 2.45) is 0 Å². The van der Waals surface area contributed by atoms with Crippen molar-refractivity contribution >= 4 is 54.8 Å². The number of ether oxygens (including phenoxy) is 3. The van der Waals surface area contributed by atoms with E-state index in [1.807, 2.05) is 26.0 Å². The molecule has 2 aromatic carbocycles. The van der Waals surface area contributed by atoms with Crippen molar-refractivity contribution in [2.45, 2.75) is 18.7 Å². The predicted molar refractivity (Wildman–Crippen MR) is 151 cm³/mol. The standard InChI is InChI=1S/C25H31BrN6O5S/c1-4-36-21-15-20(32-10-12-35-13-11-32)22(37-5-2)14-19(21)30-25-28-16-17(26)24(31-25)29-18-8-6-7-9-23(18)38(33,34)27-3/h6-9,14-16,27H,4-5,10-13H2,1-3H3,(H2,28,29,30,31). The van der Waals surface area contributed by atoms with E-state index in [2.05, 4.69) is 46.2 Å². The van der Waals surface area contributed by atoms with Crippen molar-refractivity contribution in [2.75, 3.05) is 62.1 Å². The normalized spacial score (nSPS) is 13.7. The Balaban J connectivity index is 1.68. The summed E-state index contributed by atoms with van der Waals surface area (Å²) in [6.07, 6.45) is 1.58. The predicted octanol–water partition coefficient (Wildman–Crippen LogP) is 4.27. The molecule has 2 heterocycles. The Labute approximate surface area is 231 Å². The molecule has 4 rings (SSSR count). The first-order valence-electron chi connectivity index (χ1n) is 12.2. The maximum atomic E-state index is 12.5. The average molecular weight is 608 g/mol. The molecule has 13 heteroatoms. The fourth-order valence-corrected chi connectivity index (χ4v) is 5.10.